The number of nitrogens with two attached hydrogens (primary N) is 1. The van der Waals surface area contributed by atoms with Crippen LogP contribution >= 0.6 is 12.2 Å². The fourth-order valence-electron chi connectivity index (χ4n) is 1.51. The lowest BCUT2D eigenvalue weighted by atomic mass is 9.94. The molecule has 1 saturated heterocycles. The first-order valence-electron chi connectivity index (χ1n) is 4.16. The predicted molar refractivity (Wildman–Crippen MR) is 51.8 cm³/mol. The average molecular weight is 186 g/mol. The van der Waals surface area contributed by atoms with Gasteiger partial charge in [0.05, 0.1) is 0 Å². The summed E-state index contributed by atoms with van der Waals surface area (Å²) < 4.78 is 0. The molecule has 4 heteroatoms. The van der Waals surface area contributed by atoms with Crippen molar-refractivity contribution in [3.8, 4) is 0 Å². The van der Waals surface area contributed by atoms with Crippen molar-refractivity contribution in [1.29, 1.82) is 0 Å². The van der Waals surface area contributed by atoms with Gasteiger partial charge in [-0.05, 0) is 32.0 Å². The van der Waals surface area contributed by atoms with E-state index in [1.54, 1.807) is 6.92 Å². The number of Topliss-reactive ketones (excluding diaryl/α,β-unsaturated/α-hetero) is 1. The summed E-state index contributed by atoms with van der Waals surface area (Å²) >= 11 is 4.84. The maximum atomic E-state index is 11.0. The van der Waals surface area contributed by atoms with Gasteiger partial charge in [0.15, 0.2) is 5.11 Å². The first-order chi connectivity index (χ1) is 5.61. The van der Waals surface area contributed by atoms with Crippen LogP contribution in [0.3, 0.4) is 0 Å². The Hall–Kier alpha value is -0.640. The lowest BCUT2D eigenvalue weighted by molar-refractivity contribution is -0.121. The Morgan fingerprint density at radius 1 is 1.50 bits per heavy atom. The van der Waals surface area contributed by atoms with E-state index < -0.39 is 0 Å². The minimum absolute atomic E-state index is 0.232. The molecule has 12 heavy (non-hydrogen) atoms. The molecule has 3 nitrogen and oxygen atoms in total. The third-order valence-corrected chi connectivity index (χ3v) is 2.64. The van der Waals surface area contributed by atoms with Crippen LogP contribution in [0, 0.1) is 5.92 Å². The Kier molecular flexibility index (Phi) is 3.03. The number of likely N-dealkylation sites (tertiary alicyclic amines) is 1. The number of carbonyl (C=O) groups excluding carboxylic acids is 1. The van der Waals surface area contributed by atoms with Gasteiger partial charge in [-0.15, -0.1) is 0 Å². The maximum absolute atomic E-state index is 11.0. The number of hydrogen-bond donors (Lipinski definition) is 1. The summed E-state index contributed by atoms with van der Waals surface area (Å²) in [6, 6.07) is 0. The zero-order chi connectivity index (χ0) is 9.14. The van der Waals surface area contributed by atoms with Gasteiger partial charge in [-0.1, -0.05) is 0 Å². The molecule has 1 fully saturated rings. The van der Waals surface area contributed by atoms with Crippen molar-refractivity contribution in [2.24, 2.45) is 11.7 Å². The van der Waals surface area contributed by atoms with Crippen molar-refractivity contribution in [2.75, 3.05) is 13.1 Å². The lowest BCUT2D eigenvalue weighted by Crippen LogP contribution is -2.42. The predicted octanol–water partition coefficient (Wildman–Crippen LogP) is 0.531. The van der Waals surface area contributed by atoms with Crippen LogP contribution in [0.25, 0.3) is 0 Å². The van der Waals surface area contributed by atoms with Crippen molar-refractivity contribution in [3.05, 3.63) is 0 Å². The SMILES string of the molecule is CC(=O)C1CCN(C(N)=S)CC1. The topological polar surface area (TPSA) is 46.3 Å². The fourth-order valence-corrected chi connectivity index (χ4v) is 1.69. The van der Waals surface area contributed by atoms with Crippen molar-refractivity contribution in [1.82, 2.24) is 4.90 Å². The summed E-state index contributed by atoms with van der Waals surface area (Å²) in [4.78, 5) is 12.9. The molecule has 1 rings (SSSR count). The number of nitrogens with zero attached hydrogens (tertiary/aromatic N) is 1. The van der Waals surface area contributed by atoms with Gasteiger partial charge in [-0.2, -0.15) is 0 Å². The number of piperidine rings is 1. The molecule has 0 aliphatic carbocycles. The average Bonchev–Trinajstić information content (AvgIpc) is 2.04. The molecule has 0 spiro atoms. The highest BCUT2D eigenvalue weighted by Gasteiger charge is 2.22. The molecule has 0 bridgehead atoms. The normalized spacial score (nSPS) is 19.2. The molecule has 0 aromatic heterocycles. The highest BCUT2D eigenvalue weighted by molar-refractivity contribution is 7.80. The van der Waals surface area contributed by atoms with E-state index in [0.717, 1.165) is 25.9 Å². The Balaban J connectivity index is 2.39. The second kappa shape index (κ2) is 3.85. The van der Waals surface area contributed by atoms with Gasteiger partial charge >= 0.3 is 0 Å². The Morgan fingerprint density at radius 3 is 2.33 bits per heavy atom. The Bertz CT molecular complexity index is 175. The van der Waals surface area contributed by atoms with E-state index in [-0.39, 0.29) is 11.7 Å². The zero-order valence-corrected chi connectivity index (χ0v) is 8.06. The molecule has 2 N–H and O–H groups in total. The molecule has 68 valence electrons. The van der Waals surface area contributed by atoms with E-state index in [1.807, 2.05) is 4.90 Å². The molecule has 0 aromatic carbocycles. The van der Waals surface area contributed by atoms with E-state index >= 15 is 0 Å². The fraction of sp³-hybridized carbons (Fsp3) is 0.750. The van der Waals surface area contributed by atoms with Crippen molar-refractivity contribution in [2.45, 2.75) is 19.8 Å². The molecule has 0 aromatic rings. The zero-order valence-electron chi connectivity index (χ0n) is 7.25. The third kappa shape index (κ3) is 2.17. The van der Waals surface area contributed by atoms with Gasteiger partial charge in [-0.25, -0.2) is 0 Å². The third-order valence-electron chi connectivity index (χ3n) is 2.38. The lowest BCUT2D eigenvalue weighted by Gasteiger charge is -2.30. The van der Waals surface area contributed by atoms with Crippen LogP contribution in [0.15, 0.2) is 0 Å². The summed E-state index contributed by atoms with van der Waals surface area (Å²) in [5.74, 6) is 0.521. The van der Waals surface area contributed by atoms with Crippen LogP contribution in [0.1, 0.15) is 19.8 Å². The van der Waals surface area contributed by atoms with Gasteiger partial charge in [0, 0.05) is 19.0 Å². The molecular weight excluding hydrogens is 172 g/mol. The van der Waals surface area contributed by atoms with Crippen LogP contribution in [-0.2, 0) is 4.79 Å². The van der Waals surface area contributed by atoms with Gasteiger partial charge in [0.25, 0.3) is 0 Å². The minimum atomic E-state index is 0.232. The molecule has 0 unspecified atom stereocenters. The van der Waals surface area contributed by atoms with Crippen LogP contribution in [0.5, 0.6) is 0 Å². The Labute approximate surface area is 77.9 Å². The largest absolute Gasteiger partial charge is 0.376 e. The molecular formula is C8H14N2OS. The molecule has 1 heterocycles. The number of rotatable bonds is 1. The van der Waals surface area contributed by atoms with Gasteiger partial charge in [-0.3, -0.25) is 4.79 Å². The van der Waals surface area contributed by atoms with Gasteiger partial charge in [0.2, 0.25) is 0 Å². The van der Waals surface area contributed by atoms with Gasteiger partial charge in [0.1, 0.15) is 5.78 Å². The van der Waals surface area contributed by atoms with E-state index in [9.17, 15) is 4.79 Å². The highest BCUT2D eigenvalue weighted by Crippen LogP contribution is 2.17. The molecule has 0 saturated carbocycles. The van der Waals surface area contributed by atoms with Gasteiger partial charge < -0.3 is 10.6 Å². The second-order valence-corrected chi connectivity index (χ2v) is 3.63. The maximum Gasteiger partial charge on any atom is 0.166 e. The summed E-state index contributed by atoms with van der Waals surface area (Å²) in [5.41, 5.74) is 5.46. The molecule has 1 aliphatic heterocycles. The Morgan fingerprint density at radius 2 is 2.00 bits per heavy atom. The summed E-state index contributed by atoms with van der Waals surface area (Å²) in [6.45, 7) is 3.32. The quantitative estimate of drug-likeness (QED) is 0.607. The van der Waals surface area contributed by atoms with E-state index in [1.165, 1.54) is 0 Å². The van der Waals surface area contributed by atoms with Crippen LogP contribution in [-0.4, -0.2) is 28.9 Å². The van der Waals surface area contributed by atoms with Crippen LogP contribution < -0.4 is 5.73 Å². The number of ketones is 1. The summed E-state index contributed by atoms with van der Waals surface area (Å²) in [5, 5.41) is 0.456. The first kappa shape index (κ1) is 9.45. The van der Waals surface area contributed by atoms with E-state index in [2.05, 4.69) is 0 Å². The van der Waals surface area contributed by atoms with Crippen molar-refractivity contribution < 1.29 is 4.79 Å². The highest BCUT2D eigenvalue weighted by atomic mass is 32.1. The standard InChI is InChI=1S/C8H14N2OS/c1-6(11)7-2-4-10(5-3-7)8(9)12/h7H,2-5H2,1H3,(H2,9,12). The summed E-state index contributed by atoms with van der Waals surface area (Å²) in [6.07, 6.45) is 1.79. The van der Waals surface area contributed by atoms with Crippen LogP contribution in [0.2, 0.25) is 0 Å². The van der Waals surface area contributed by atoms with Crippen LogP contribution in [0.4, 0.5) is 0 Å². The smallest absolute Gasteiger partial charge is 0.166 e. The summed E-state index contributed by atoms with van der Waals surface area (Å²) in [7, 11) is 0. The monoisotopic (exact) mass is 186 g/mol. The molecule has 0 amide bonds. The minimum Gasteiger partial charge on any atom is -0.376 e. The molecule has 1 aliphatic rings. The van der Waals surface area contributed by atoms with E-state index in [4.69, 9.17) is 18.0 Å². The van der Waals surface area contributed by atoms with Crippen molar-refractivity contribution >= 4 is 23.1 Å². The number of hydrogen-bond acceptors (Lipinski definition) is 2. The van der Waals surface area contributed by atoms with E-state index in [0.29, 0.717) is 5.11 Å². The first-order valence-corrected chi connectivity index (χ1v) is 4.57. The molecule has 0 atom stereocenters. The number of carbonyl (C=O) groups is 1. The molecule has 0 radical (unpaired) electrons. The number of thiocarbonyl (C=S) groups is 1. The second-order valence-electron chi connectivity index (χ2n) is 3.21. The van der Waals surface area contributed by atoms with Crippen molar-refractivity contribution in [3.63, 3.8) is 0 Å².